The quantitative estimate of drug-likeness (QED) is 0.838. The fourth-order valence-corrected chi connectivity index (χ4v) is 2.20. The molecule has 0 unspecified atom stereocenters. The van der Waals surface area contributed by atoms with Crippen molar-refractivity contribution in [2.24, 2.45) is 0 Å². The van der Waals surface area contributed by atoms with Gasteiger partial charge in [0.05, 0.1) is 46.7 Å². The van der Waals surface area contributed by atoms with Crippen molar-refractivity contribution in [2.75, 3.05) is 33.8 Å². The molecule has 1 heterocycles. The van der Waals surface area contributed by atoms with Crippen LogP contribution in [0.25, 0.3) is 0 Å². The van der Waals surface area contributed by atoms with E-state index in [9.17, 15) is 4.79 Å². The number of amides is 1. The second-order valence-electron chi connectivity index (χ2n) is 4.85. The number of carbonyl (C=O) groups is 1. The zero-order chi connectivity index (χ0) is 17.5. The Kier molecular flexibility index (Phi) is 5.83. The van der Waals surface area contributed by atoms with Crippen molar-refractivity contribution in [3.8, 4) is 23.1 Å². The minimum absolute atomic E-state index is 0.155. The summed E-state index contributed by atoms with van der Waals surface area (Å²) >= 11 is 0. The number of ether oxygens (including phenoxy) is 4. The lowest BCUT2D eigenvalue weighted by Gasteiger charge is -2.14. The molecule has 0 spiro atoms. The summed E-state index contributed by atoms with van der Waals surface area (Å²) < 4.78 is 20.8. The number of nitrogens with zero attached hydrogens (tertiary/aromatic N) is 1. The molecule has 1 amide bonds. The second-order valence-corrected chi connectivity index (χ2v) is 4.85. The highest BCUT2D eigenvalue weighted by Gasteiger charge is 2.15. The van der Waals surface area contributed by atoms with Crippen LogP contribution >= 0.6 is 0 Å². The van der Waals surface area contributed by atoms with Gasteiger partial charge in [0.1, 0.15) is 0 Å². The van der Waals surface area contributed by atoms with E-state index < -0.39 is 0 Å². The van der Waals surface area contributed by atoms with Crippen molar-refractivity contribution >= 4 is 11.6 Å². The maximum absolute atomic E-state index is 12.2. The van der Waals surface area contributed by atoms with Crippen LogP contribution in [0, 0.1) is 0 Å². The highest BCUT2D eigenvalue weighted by atomic mass is 16.5. The molecule has 0 aliphatic heterocycles. The molecular formula is C17H20N2O5. The average molecular weight is 332 g/mol. The normalized spacial score (nSPS) is 10.0. The predicted molar refractivity (Wildman–Crippen MR) is 89.2 cm³/mol. The van der Waals surface area contributed by atoms with Crippen LogP contribution < -0.4 is 24.3 Å². The average Bonchev–Trinajstić information content (AvgIpc) is 2.61. The van der Waals surface area contributed by atoms with Crippen LogP contribution in [0.1, 0.15) is 5.56 Å². The summed E-state index contributed by atoms with van der Waals surface area (Å²) in [5, 5.41) is 2.78. The number of nitrogens with one attached hydrogen (secondary N) is 1. The van der Waals surface area contributed by atoms with E-state index in [2.05, 4.69) is 10.3 Å². The van der Waals surface area contributed by atoms with E-state index in [-0.39, 0.29) is 12.3 Å². The molecule has 1 aromatic heterocycles. The molecule has 128 valence electrons. The van der Waals surface area contributed by atoms with E-state index in [1.54, 1.807) is 24.3 Å². The van der Waals surface area contributed by atoms with E-state index in [0.29, 0.717) is 28.8 Å². The zero-order valence-corrected chi connectivity index (χ0v) is 14.1. The topological polar surface area (TPSA) is 78.9 Å². The summed E-state index contributed by atoms with van der Waals surface area (Å²) in [6, 6.07) is 6.88. The number of carbonyl (C=O) groups excluding carboxylic acids is 1. The molecular weight excluding hydrogens is 312 g/mol. The summed E-state index contributed by atoms with van der Waals surface area (Å²) in [7, 11) is 6.13. The minimum atomic E-state index is -0.184. The molecule has 2 rings (SSSR count). The van der Waals surface area contributed by atoms with Crippen molar-refractivity contribution in [1.82, 2.24) is 4.98 Å². The Hall–Kier alpha value is -2.96. The van der Waals surface area contributed by atoms with Gasteiger partial charge in [0.25, 0.3) is 0 Å². The van der Waals surface area contributed by atoms with Gasteiger partial charge in [-0.05, 0) is 23.8 Å². The van der Waals surface area contributed by atoms with Crippen molar-refractivity contribution in [2.45, 2.75) is 6.42 Å². The smallest absolute Gasteiger partial charge is 0.228 e. The molecule has 24 heavy (non-hydrogen) atoms. The molecule has 2 aromatic rings. The molecule has 0 atom stereocenters. The first-order valence-electron chi connectivity index (χ1n) is 7.20. The van der Waals surface area contributed by atoms with Crippen molar-refractivity contribution < 1.29 is 23.7 Å². The second kappa shape index (κ2) is 8.05. The summed E-state index contributed by atoms with van der Waals surface area (Å²) in [6.07, 6.45) is 1.69. The Morgan fingerprint density at radius 1 is 1.00 bits per heavy atom. The molecule has 0 fully saturated rings. The number of methoxy groups -OCH3 is 4. The van der Waals surface area contributed by atoms with E-state index in [4.69, 9.17) is 18.9 Å². The number of rotatable bonds is 7. The number of hydrogen-bond donors (Lipinski definition) is 1. The first kappa shape index (κ1) is 17.4. The number of aromatic nitrogens is 1. The van der Waals surface area contributed by atoms with Gasteiger partial charge >= 0.3 is 0 Å². The Bertz CT molecular complexity index is 676. The van der Waals surface area contributed by atoms with Gasteiger partial charge in [-0.15, -0.1) is 0 Å². The van der Waals surface area contributed by atoms with Crippen LogP contribution in [0.15, 0.2) is 30.5 Å². The van der Waals surface area contributed by atoms with Crippen molar-refractivity contribution in [1.29, 1.82) is 0 Å². The van der Waals surface area contributed by atoms with Gasteiger partial charge in [-0.25, -0.2) is 4.98 Å². The molecule has 0 radical (unpaired) electrons. The van der Waals surface area contributed by atoms with E-state index in [1.807, 2.05) is 0 Å². The van der Waals surface area contributed by atoms with Gasteiger partial charge in [0.15, 0.2) is 11.5 Å². The van der Waals surface area contributed by atoms with Gasteiger partial charge in [-0.2, -0.15) is 0 Å². The van der Waals surface area contributed by atoms with E-state index in [1.165, 1.54) is 34.6 Å². The minimum Gasteiger partial charge on any atom is -0.493 e. The van der Waals surface area contributed by atoms with Crippen LogP contribution in [-0.4, -0.2) is 39.3 Å². The third-order valence-corrected chi connectivity index (χ3v) is 3.32. The molecule has 0 saturated heterocycles. The van der Waals surface area contributed by atoms with Crippen LogP contribution in [0.4, 0.5) is 5.69 Å². The molecule has 7 heteroatoms. The Balaban J connectivity index is 2.12. The maximum Gasteiger partial charge on any atom is 0.228 e. The van der Waals surface area contributed by atoms with E-state index in [0.717, 1.165) is 5.56 Å². The number of hydrogen-bond acceptors (Lipinski definition) is 6. The highest BCUT2D eigenvalue weighted by molar-refractivity contribution is 5.92. The number of pyridine rings is 1. The number of benzene rings is 1. The Morgan fingerprint density at radius 3 is 2.12 bits per heavy atom. The van der Waals surface area contributed by atoms with Crippen LogP contribution in [0.5, 0.6) is 23.1 Å². The first-order chi connectivity index (χ1) is 11.6. The summed E-state index contributed by atoms with van der Waals surface area (Å²) in [5.74, 6) is 1.80. The SMILES string of the molecule is COc1ccc(NC(=O)Cc2cc(OC)c(OC)c(OC)c2)cn1. The Labute approximate surface area is 140 Å². The molecule has 0 saturated carbocycles. The monoisotopic (exact) mass is 332 g/mol. The van der Waals surface area contributed by atoms with Gasteiger partial charge < -0.3 is 24.3 Å². The summed E-state index contributed by atoms with van der Waals surface area (Å²) in [4.78, 5) is 16.2. The maximum atomic E-state index is 12.2. The lowest BCUT2D eigenvalue weighted by atomic mass is 10.1. The fraction of sp³-hybridized carbons (Fsp3) is 0.294. The highest BCUT2D eigenvalue weighted by Crippen LogP contribution is 2.38. The van der Waals surface area contributed by atoms with Gasteiger partial charge in [-0.3, -0.25) is 4.79 Å². The summed E-state index contributed by atoms with van der Waals surface area (Å²) in [6.45, 7) is 0. The zero-order valence-electron chi connectivity index (χ0n) is 14.1. The third-order valence-electron chi connectivity index (χ3n) is 3.32. The van der Waals surface area contributed by atoms with Gasteiger partial charge in [-0.1, -0.05) is 0 Å². The Morgan fingerprint density at radius 2 is 1.67 bits per heavy atom. The summed E-state index contributed by atoms with van der Waals surface area (Å²) in [5.41, 5.74) is 1.33. The number of anilines is 1. The van der Waals surface area contributed by atoms with Crippen molar-refractivity contribution in [3.63, 3.8) is 0 Å². The fourth-order valence-electron chi connectivity index (χ4n) is 2.20. The van der Waals surface area contributed by atoms with Crippen molar-refractivity contribution in [3.05, 3.63) is 36.0 Å². The molecule has 0 aliphatic rings. The van der Waals surface area contributed by atoms with E-state index >= 15 is 0 Å². The third kappa shape index (κ3) is 4.07. The van der Waals surface area contributed by atoms with Crippen LogP contribution in [0.2, 0.25) is 0 Å². The van der Waals surface area contributed by atoms with Crippen LogP contribution in [0.3, 0.4) is 0 Å². The standard InChI is InChI=1S/C17H20N2O5/c1-21-13-7-11(8-14(22-2)17(13)24-4)9-15(20)19-12-5-6-16(23-3)18-10-12/h5-8,10H,9H2,1-4H3,(H,19,20). The first-order valence-corrected chi connectivity index (χ1v) is 7.20. The van der Waals surface area contributed by atoms with Crippen LogP contribution in [-0.2, 0) is 11.2 Å². The lowest BCUT2D eigenvalue weighted by molar-refractivity contribution is -0.115. The molecule has 7 nitrogen and oxygen atoms in total. The molecule has 1 N–H and O–H groups in total. The molecule has 1 aromatic carbocycles. The largest absolute Gasteiger partial charge is 0.493 e. The molecule has 0 bridgehead atoms. The van der Waals surface area contributed by atoms with Gasteiger partial charge in [0.2, 0.25) is 17.5 Å². The predicted octanol–water partition coefficient (Wildman–Crippen LogP) is 2.30. The lowest BCUT2D eigenvalue weighted by Crippen LogP contribution is -2.14. The molecule has 0 aliphatic carbocycles. The van der Waals surface area contributed by atoms with Gasteiger partial charge in [0, 0.05) is 6.07 Å².